The number of carboxylic acids is 1. The summed E-state index contributed by atoms with van der Waals surface area (Å²) in [5.41, 5.74) is 2.55. The minimum absolute atomic E-state index is 0.276. The Morgan fingerprint density at radius 1 is 1.12 bits per heavy atom. The van der Waals surface area contributed by atoms with Crippen molar-refractivity contribution in [1.82, 2.24) is 0 Å². The van der Waals surface area contributed by atoms with Gasteiger partial charge in [0, 0.05) is 0 Å². The summed E-state index contributed by atoms with van der Waals surface area (Å²) in [5.74, 6) is -1.16. The Morgan fingerprint density at radius 3 is 2.48 bits per heavy atom. The number of ether oxygens (including phenoxy) is 2. The van der Waals surface area contributed by atoms with E-state index in [2.05, 4.69) is 0 Å². The van der Waals surface area contributed by atoms with Gasteiger partial charge in [-0.15, -0.1) is 0 Å². The smallest absolute Gasteiger partial charge is 0.344 e. The minimum atomic E-state index is -1.03. The van der Waals surface area contributed by atoms with Crippen LogP contribution in [-0.2, 0) is 16.0 Å². The predicted molar refractivity (Wildman–Crippen MR) is 94.0 cm³/mol. The molecular weight excluding hydrogens is 320 g/mol. The second kappa shape index (κ2) is 8.87. The first-order chi connectivity index (χ1) is 12.0. The van der Waals surface area contributed by atoms with Gasteiger partial charge in [-0.25, -0.2) is 9.59 Å². The van der Waals surface area contributed by atoms with E-state index in [-0.39, 0.29) is 6.61 Å². The molecule has 2 aromatic rings. The fourth-order valence-corrected chi connectivity index (χ4v) is 2.36. The minimum Gasteiger partial charge on any atom is -0.479 e. The van der Waals surface area contributed by atoms with Gasteiger partial charge in [0.1, 0.15) is 5.75 Å². The quantitative estimate of drug-likeness (QED) is 0.742. The Morgan fingerprint density at radius 2 is 1.84 bits per heavy atom. The zero-order valence-electron chi connectivity index (χ0n) is 14.4. The van der Waals surface area contributed by atoms with Crippen LogP contribution in [0.15, 0.2) is 48.5 Å². The predicted octanol–water partition coefficient (Wildman–Crippen LogP) is 3.64. The molecule has 132 valence electrons. The molecule has 25 heavy (non-hydrogen) atoms. The van der Waals surface area contributed by atoms with Crippen LogP contribution in [0.5, 0.6) is 5.75 Å². The summed E-state index contributed by atoms with van der Waals surface area (Å²) >= 11 is 0. The number of carboxylic acid groups (broad SMARTS) is 1. The van der Waals surface area contributed by atoms with Crippen molar-refractivity contribution in [2.45, 2.75) is 32.8 Å². The van der Waals surface area contributed by atoms with Crippen molar-refractivity contribution in [3.63, 3.8) is 0 Å². The highest BCUT2D eigenvalue weighted by atomic mass is 16.5. The molecule has 5 nitrogen and oxygen atoms in total. The Kier molecular flexibility index (Phi) is 6.57. The fraction of sp³-hybridized carbons (Fsp3) is 0.300. The molecule has 2 aromatic carbocycles. The highest BCUT2D eigenvalue weighted by Gasteiger charge is 2.20. The molecule has 0 saturated carbocycles. The molecule has 0 radical (unpaired) electrons. The average molecular weight is 342 g/mol. The number of hydrogen-bond donors (Lipinski definition) is 1. The van der Waals surface area contributed by atoms with E-state index >= 15 is 0 Å². The number of rotatable bonds is 8. The van der Waals surface area contributed by atoms with Crippen LogP contribution in [0.1, 0.15) is 34.8 Å². The molecule has 0 saturated heterocycles. The molecule has 0 spiro atoms. The van der Waals surface area contributed by atoms with Crippen LogP contribution >= 0.6 is 0 Å². The van der Waals surface area contributed by atoms with Crippen molar-refractivity contribution < 1.29 is 24.2 Å². The summed E-state index contributed by atoms with van der Waals surface area (Å²) in [5, 5.41) is 9.40. The topological polar surface area (TPSA) is 72.8 Å². The van der Waals surface area contributed by atoms with Crippen LogP contribution in [0, 0.1) is 6.92 Å². The summed E-state index contributed by atoms with van der Waals surface area (Å²) in [6.45, 7) is 4.01. The van der Waals surface area contributed by atoms with Crippen molar-refractivity contribution in [2.24, 2.45) is 0 Å². The second-order valence-corrected chi connectivity index (χ2v) is 5.72. The van der Waals surface area contributed by atoms with Gasteiger partial charge in [-0.1, -0.05) is 35.9 Å². The van der Waals surface area contributed by atoms with E-state index in [1.165, 1.54) is 6.07 Å². The largest absolute Gasteiger partial charge is 0.479 e. The molecule has 0 aliphatic rings. The number of carbonyl (C=O) groups is 2. The van der Waals surface area contributed by atoms with Crippen LogP contribution in [-0.4, -0.2) is 29.8 Å². The molecule has 0 aliphatic carbocycles. The van der Waals surface area contributed by atoms with Crippen molar-refractivity contribution in [3.8, 4) is 5.75 Å². The van der Waals surface area contributed by atoms with Gasteiger partial charge in [-0.05, 0) is 50.5 Å². The monoisotopic (exact) mass is 342 g/mol. The van der Waals surface area contributed by atoms with Gasteiger partial charge in [0.15, 0.2) is 6.10 Å². The van der Waals surface area contributed by atoms with E-state index in [9.17, 15) is 14.7 Å². The van der Waals surface area contributed by atoms with Gasteiger partial charge < -0.3 is 14.6 Å². The number of aliphatic carboxylic acids is 1. The lowest BCUT2D eigenvalue weighted by Crippen LogP contribution is -2.27. The highest BCUT2D eigenvalue weighted by molar-refractivity contribution is 5.89. The zero-order valence-corrected chi connectivity index (χ0v) is 14.4. The van der Waals surface area contributed by atoms with E-state index in [0.29, 0.717) is 24.2 Å². The molecule has 2 rings (SSSR count). The summed E-state index contributed by atoms with van der Waals surface area (Å²) < 4.78 is 10.5. The number of aryl methyl sites for hydroxylation is 2. The molecule has 0 aliphatic heterocycles. The van der Waals surface area contributed by atoms with E-state index in [0.717, 1.165) is 11.1 Å². The maximum Gasteiger partial charge on any atom is 0.344 e. The molecular formula is C20H22O5. The number of benzene rings is 2. The van der Waals surface area contributed by atoms with E-state index in [1.807, 2.05) is 31.2 Å². The van der Waals surface area contributed by atoms with Gasteiger partial charge in [-0.3, -0.25) is 0 Å². The standard InChI is InChI=1S/C20H22O5/c1-3-24-20(23)16-5-4-6-17(13-16)25-18(19(21)22)12-11-15-9-7-14(2)8-10-15/h4-10,13,18H,3,11-12H2,1-2H3,(H,21,22). The van der Waals surface area contributed by atoms with Crippen molar-refractivity contribution >= 4 is 11.9 Å². The Hall–Kier alpha value is -2.82. The highest BCUT2D eigenvalue weighted by Crippen LogP contribution is 2.18. The lowest BCUT2D eigenvalue weighted by Gasteiger charge is -2.16. The molecule has 0 amide bonds. The van der Waals surface area contributed by atoms with Crippen LogP contribution < -0.4 is 4.74 Å². The molecule has 0 bridgehead atoms. The van der Waals surface area contributed by atoms with Gasteiger partial charge in [-0.2, -0.15) is 0 Å². The first kappa shape index (κ1) is 18.5. The summed E-state index contributed by atoms with van der Waals surface area (Å²) in [6.07, 6.45) is -0.0598. The fourth-order valence-electron chi connectivity index (χ4n) is 2.36. The Bertz CT molecular complexity index is 721. The lowest BCUT2D eigenvalue weighted by atomic mass is 10.1. The van der Waals surface area contributed by atoms with E-state index < -0.39 is 18.0 Å². The zero-order chi connectivity index (χ0) is 18.2. The summed E-state index contributed by atoms with van der Waals surface area (Å²) in [6, 6.07) is 14.3. The van der Waals surface area contributed by atoms with Crippen LogP contribution in [0.4, 0.5) is 0 Å². The SMILES string of the molecule is CCOC(=O)c1cccc(OC(CCc2ccc(C)cc2)C(=O)O)c1. The van der Waals surface area contributed by atoms with Crippen molar-refractivity contribution in [1.29, 1.82) is 0 Å². The maximum atomic E-state index is 11.8. The molecule has 5 heteroatoms. The Balaban J connectivity index is 2.03. The van der Waals surface area contributed by atoms with Gasteiger partial charge in [0.25, 0.3) is 0 Å². The third kappa shape index (κ3) is 5.64. The van der Waals surface area contributed by atoms with Gasteiger partial charge >= 0.3 is 11.9 Å². The van der Waals surface area contributed by atoms with Crippen LogP contribution in [0.3, 0.4) is 0 Å². The number of hydrogen-bond acceptors (Lipinski definition) is 4. The van der Waals surface area contributed by atoms with Gasteiger partial charge in [0.05, 0.1) is 12.2 Å². The normalized spacial score (nSPS) is 11.6. The third-order valence-corrected chi connectivity index (χ3v) is 3.71. The second-order valence-electron chi connectivity index (χ2n) is 5.72. The molecule has 1 N–H and O–H groups in total. The number of esters is 1. The van der Waals surface area contributed by atoms with Crippen LogP contribution in [0.2, 0.25) is 0 Å². The molecule has 0 fully saturated rings. The number of carbonyl (C=O) groups excluding carboxylic acids is 1. The molecule has 0 heterocycles. The van der Waals surface area contributed by atoms with E-state index in [1.54, 1.807) is 25.1 Å². The Labute approximate surface area is 147 Å². The lowest BCUT2D eigenvalue weighted by molar-refractivity contribution is -0.145. The average Bonchev–Trinajstić information content (AvgIpc) is 2.60. The summed E-state index contributed by atoms with van der Waals surface area (Å²) in [7, 11) is 0. The third-order valence-electron chi connectivity index (χ3n) is 3.71. The molecule has 1 atom stereocenters. The van der Waals surface area contributed by atoms with E-state index in [4.69, 9.17) is 9.47 Å². The van der Waals surface area contributed by atoms with Crippen molar-refractivity contribution in [3.05, 3.63) is 65.2 Å². The summed E-state index contributed by atoms with van der Waals surface area (Å²) in [4.78, 5) is 23.2. The first-order valence-electron chi connectivity index (χ1n) is 8.21. The van der Waals surface area contributed by atoms with Gasteiger partial charge in [0.2, 0.25) is 0 Å². The van der Waals surface area contributed by atoms with Crippen LogP contribution in [0.25, 0.3) is 0 Å². The molecule has 1 unspecified atom stereocenters. The first-order valence-corrected chi connectivity index (χ1v) is 8.21. The van der Waals surface area contributed by atoms with Crippen molar-refractivity contribution in [2.75, 3.05) is 6.61 Å². The molecule has 0 aromatic heterocycles. The maximum absolute atomic E-state index is 11.8.